The van der Waals surface area contributed by atoms with Gasteiger partial charge >= 0.3 is 11.9 Å². The Kier molecular flexibility index (Phi) is 7.18. The minimum absolute atomic E-state index is 0.0438. The number of ether oxygens (including phenoxy) is 4. The number of hydrogen-bond acceptors (Lipinski definition) is 9. The summed E-state index contributed by atoms with van der Waals surface area (Å²) in [6.45, 7) is 7.90. The summed E-state index contributed by atoms with van der Waals surface area (Å²) in [7, 11) is 0. The van der Waals surface area contributed by atoms with Crippen LogP contribution in [0.2, 0.25) is 0 Å². The Morgan fingerprint density at radius 1 is 1.07 bits per heavy atom. The Morgan fingerprint density at radius 2 is 1.85 bits per heavy atom. The molecule has 2 heterocycles. The molecule has 0 spiro atoms. The molecule has 0 unspecified atom stereocenters. The first-order valence-corrected chi connectivity index (χ1v) is 15.3. The zero-order valence-corrected chi connectivity index (χ0v) is 24.2. The molecule has 6 aliphatic rings. The standard InChI is InChI=1S/C31H46O9/c1-16-28(35)23(33)13-26(38-16)40-20-7-9-29(3)19(12-20)5-6-22-21(29)8-10-30(4)27(18-11-25(34)37-15-18)24(39-17(2)32)14-31(22,30)36/h11,16,19-24,26-28,33,35-36H,5-10,12-15H2,1-4H3/t16-,19+,20-,21-,22+,23-,24-,26-,27-,28-,29-,30+,31-/m0/s1. The van der Waals surface area contributed by atoms with Gasteiger partial charge in [-0.2, -0.15) is 0 Å². The van der Waals surface area contributed by atoms with Gasteiger partial charge in [-0.3, -0.25) is 4.79 Å². The summed E-state index contributed by atoms with van der Waals surface area (Å²) in [5, 5.41) is 32.9. The highest BCUT2D eigenvalue weighted by molar-refractivity contribution is 5.85. The lowest BCUT2D eigenvalue weighted by atomic mass is 9.43. The van der Waals surface area contributed by atoms with Crippen LogP contribution < -0.4 is 0 Å². The molecule has 0 radical (unpaired) electrons. The zero-order valence-electron chi connectivity index (χ0n) is 24.2. The van der Waals surface area contributed by atoms with Crippen molar-refractivity contribution in [3.05, 3.63) is 11.6 Å². The van der Waals surface area contributed by atoms with E-state index in [0.29, 0.717) is 18.3 Å². The van der Waals surface area contributed by atoms with E-state index in [1.165, 1.54) is 6.92 Å². The molecular formula is C31H46O9. The Morgan fingerprint density at radius 3 is 2.52 bits per heavy atom. The fraction of sp³-hybridized carbons (Fsp3) is 0.871. The molecular weight excluding hydrogens is 516 g/mol. The third-order valence-electron chi connectivity index (χ3n) is 12.2. The quantitative estimate of drug-likeness (QED) is 0.349. The van der Waals surface area contributed by atoms with Gasteiger partial charge < -0.3 is 34.3 Å². The van der Waals surface area contributed by atoms with Crippen molar-refractivity contribution in [3.8, 4) is 0 Å². The van der Waals surface area contributed by atoms with Gasteiger partial charge in [0.1, 0.15) is 18.8 Å². The lowest BCUT2D eigenvalue weighted by Gasteiger charge is -2.63. The number of rotatable bonds is 4. The van der Waals surface area contributed by atoms with Gasteiger partial charge in [-0.05, 0) is 80.6 Å². The van der Waals surface area contributed by atoms with Gasteiger partial charge in [0.25, 0.3) is 0 Å². The van der Waals surface area contributed by atoms with E-state index in [9.17, 15) is 24.9 Å². The van der Waals surface area contributed by atoms with Crippen LogP contribution in [0.25, 0.3) is 0 Å². The SMILES string of the molecule is CC(=O)O[C@H]1C[C@]2(O)[C@@H]3CC[C@@H]4C[C@@H](O[C@H]5C[C@H](O)[C@@H](O)[C@H](C)O5)CC[C@]4(C)[C@H]3CC[C@]2(C)[C@H]1C1=CC(=O)OC1. The van der Waals surface area contributed by atoms with Crippen LogP contribution in [0.3, 0.4) is 0 Å². The molecule has 2 aliphatic heterocycles. The van der Waals surface area contributed by atoms with Crippen molar-refractivity contribution in [2.24, 2.45) is 34.5 Å². The van der Waals surface area contributed by atoms with E-state index in [4.69, 9.17) is 18.9 Å². The summed E-state index contributed by atoms with van der Waals surface area (Å²) in [6.07, 6.45) is 5.56. The van der Waals surface area contributed by atoms with E-state index >= 15 is 0 Å². The van der Waals surface area contributed by atoms with Crippen molar-refractivity contribution in [3.63, 3.8) is 0 Å². The van der Waals surface area contributed by atoms with Gasteiger partial charge in [-0.25, -0.2) is 4.79 Å². The maximum Gasteiger partial charge on any atom is 0.331 e. The van der Waals surface area contributed by atoms with Crippen LogP contribution in [-0.2, 0) is 28.5 Å². The van der Waals surface area contributed by atoms with E-state index in [2.05, 4.69) is 13.8 Å². The highest BCUT2D eigenvalue weighted by Gasteiger charge is 2.71. The number of carbonyl (C=O) groups is 2. The Hall–Kier alpha value is -1.52. The van der Waals surface area contributed by atoms with E-state index in [0.717, 1.165) is 50.5 Å². The molecule has 0 aromatic rings. The molecule has 5 fully saturated rings. The summed E-state index contributed by atoms with van der Waals surface area (Å²) in [6, 6.07) is 0. The normalized spacial score (nSPS) is 52.2. The van der Waals surface area contributed by atoms with Crippen LogP contribution >= 0.6 is 0 Å². The molecule has 4 aliphatic carbocycles. The van der Waals surface area contributed by atoms with Crippen molar-refractivity contribution >= 4 is 11.9 Å². The van der Waals surface area contributed by atoms with Crippen molar-refractivity contribution in [2.75, 3.05) is 6.61 Å². The van der Waals surface area contributed by atoms with Crippen LogP contribution in [0, 0.1) is 34.5 Å². The molecule has 6 rings (SSSR count). The summed E-state index contributed by atoms with van der Waals surface area (Å²) < 4.78 is 23.3. The summed E-state index contributed by atoms with van der Waals surface area (Å²) in [4.78, 5) is 24.1. The Labute approximate surface area is 236 Å². The Bertz CT molecular complexity index is 1050. The van der Waals surface area contributed by atoms with Gasteiger partial charge in [-0.15, -0.1) is 0 Å². The summed E-state index contributed by atoms with van der Waals surface area (Å²) >= 11 is 0. The second-order valence-corrected chi connectivity index (χ2v) is 14.1. The third kappa shape index (κ3) is 4.37. The van der Waals surface area contributed by atoms with Gasteiger partial charge in [0.05, 0.1) is 23.9 Å². The predicted octanol–water partition coefficient (Wildman–Crippen LogP) is 3.03. The number of hydrogen-bond donors (Lipinski definition) is 3. The van der Waals surface area contributed by atoms with Gasteiger partial charge in [0.2, 0.25) is 0 Å². The molecule has 224 valence electrons. The summed E-state index contributed by atoms with van der Waals surface area (Å²) in [5.41, 5.74) is -0.616. The molecule has 3 N–H and O–H groups in total. The van der Waals surface area contributed by atoms with Crippen molar-refractivity contribution < 1.29 is 43.9 Å². The predicted molar refractivity (Wildman–Crippen MR) is 142 cm³/mol. The number of esters is 2. The molecule has 13 atom stereocenters. The minimum atomic E-state index is -1.00. The number of cyclic esters (lactones) is 1. The smallest absolute Gasteiger partial charge is 0.331 e. The first-order chi connectivity index (χ1) is 18.9. The lowest BCUT2D eigenvalue weighted by molar-refractivity contribution is -0.270. The molecule has 0 aromatic heterocycles. The van der Waals surface area contributed by atoms with E-state index in [1.807, 2.05) is 0 Å². The highest BCUT2D eigenvalue weighted by Crippen LogP contribution is 2.70. The second kappa shape index (κ2) is 10.0. The molecule has 9 nitrogen and oxygen atoms in total. The average Bonchev–Trinajstić information content (AvgIpc) is 3.39. The monoisotopic (exact) mass is 562 g/mol. The number of aliphatic hydroxyl groups excluding tert-OH is 2. The van der Waals surface area contributed by atoms with Crippen LogP contribution in [0.15, 0.2) is 11.6 Å². The number of aliphatic hydroxyl groups is 3. The number of carbonyl (C=O) groups excluding carboxylic acids is 2. The van der Waals surface area contributed by atoms with Crippen molar-refractivity contribution in [1.82, 2.24) is 0 Å². The van der Waals surface area contributed by atoms with Crippen LogP contribution in [0.1, 0.15) is 85.5 Å². The molecule has 0 aromatic carbocycles. The largest absolute Gasteiger partial charge is 0.462 e. The first-order valence-electron chi connectivity index (χ1n) is 15.3. The molecule has 0 bridgehead atoms. The second-order valence-electron chi connectivity index (χ2n) is 14.1. The maximum atomic E-state index is 12.7. The fourth-order valence-electron chi connectivity index (χ4n) is 10.2. The van der Waals surface area contributed by atoms with Crippen LogP contribution in [0.4, 0.5) is 0 Å². The van der Waals surface area contributed by atoms with Crippen LogP contribution in [-0.4, -0.2) is 76.3 Å². The molecule has 0 amide bonds. The average molecular weight is 563 g/mol. The molecule has 1 saturated heterocycles. The van der Waals surface area contributed by atoms with Crippen molar-refractivity contribution in [1.29, 1.82) is 0 Å². The zero-order chi connectivity index (χ0) is 28.6. The van der Waals surface area contributed by atoms with E-state index in [1.54, 1.807) is 13.0 Å². The lowest BCUT2D eigenvalue weighted by Crippen LogP contribution is -2.62. The third-order valence-corrected chi connectivity index (χ3v) is 12.2. The van der Waals surface area contributed by atoms with Crippen LogP contribution in [0.5, 0.6) is 0 Å². The van der Waals surface area contributed by atoms with Crippen molar-refractivity contribution in [2.45, 2.75) is 128 Å². The van der Waals surface area contributed by atoms with Gasteiger partial charge in [0, 0.05) is 37.2 Å². The number of fused-ring (bicyclic) bond motifs is 5. The minimum Gasteiger partial charge on any atom is -0.462 e. The van der Waals surface area contributed by atoms with Gasteiger partial charge in [0.15, 0.2) is 6.29 Å². The maximum absolute atomic E-state index is 12.7. The van der Waals surface area contributed by atoms with Gasteiger partial charge in [-0.1, -0.05) is 13.8 Å². The van der Waals surface area contributed by atoms with E-state index < -0.39 is 41.7 Å². The van der Waals surface area contributed by atoms with E-state index in [-0.39, 0.29) is 48.3 Å². The fourth-order valence-corrected chi connectivity index (χ4v) is 10.2. The first kappa shape index (κ1) is 28.6. The molecule has 40 heavy (non-hydrogen) atoms. The topological polar surface area (TPSA) is 132 Å². The Balaban J connectivity index is 1.20. The molecule has 4 saturated carbocycles. The molecule has 9 heteroatoms. The highest BCUT2D eigenvalue weighted by atomic mass is 16.7. The summed E-state index contributed by atoms with van der Waals surface area (Å²) in [5.74, 6) is -0.0749.